The van der Waals surface area contributed by atoms with E-state index in [9.17, 15) is 14.7 Å². The zero-order valence-electron chi connectivity index (χ0n) is 8.62. The van der Waals surface area contributed by atoms with Gasteiger partial charge in [0, 0.05) is 0 Å². The van der Waals surface area contributed by atoms with Crippen molar-refractivity contribution in [3.05, 3.63) is 0 Å². The van der Waals surface area contributed by atoms with Crippen LogP contribution >= 0.6 is 0 Å². The van der Waals surface area contributed by atoms with Gasteiger partial charge in [0.15, 0.2) is 0 Å². The van der Waals surface area contributed by atoms with Gasteiger partial charge in [-0.15, -0.1) is 0 Å². The molecular formula is C8H16N2O4. The number of hydrogen-bond acceptors (Lipinski definition) is 4. The number of carboxylic acid groups (broad SMARTS) is 1. The molecule has 6 nitrogen and oxygen atoms in total. The van der Waals surface area contributed by atoms with Crippen LogP contribution in [0.3, 0.4) is 0 Å². The Labute approximate surface area is 82.4 Å². The number of quaternary nitrogens is 1. The van der Waals surface area contributed by atoms with E-state index in [1.807, 2.05) is 0 Å². The first-order valence-corrected chi connectivity index (χ1v) is 4.26. The Hall–Kier alpha value is -1.30. The third-order valence-electron chi connectivity index (χ3n) is 1.26. The normalized spacial score (nSPS) is 13.1. The van der Waals surface area contributed by atoms with Gasteiger partial charge in [-0.3, -0.25) is 0 Å². The van der Waals surface area contributed by atoms with Crippen molar-refractivity contribution in [1.29, 1.82) is 0 Å². The third-order valence-corrected chi connectivity index (χ3v) is 1.26. The monoisotopic (exact) mass is 204 g/mol. The van der Waals surface area contributed by atoms with Crippen molar-refractivity contribution in [3.63, 3.8) is 0 Å². The first-order valence-electron chi connectivity index (χ1n) is 4.26. The van der Waals surface area contributed by atoms with Crippen LogP contribution < -0.4 is 16.2 Å². The standard InChI is InChI=1S/C8H16N2O4/c1-8(2,3)14-7(13)10-5(4-9)6(11)12/h5H,4,9H2,1-3H3,(H,10,13)(H,11,12)/t5-/m1/s1. The highest BCUT2D eigenvalue weighted by atomic mass is 16.6. The van der Waals surface area contributed by atoms with E-state index < -0.39 is 23.7 Å². The van der Waals surface area contributed by atoms with Crippen molar-refractivity contribution >= 4 is 12.1 Å². The first kappa shape index (κ1) is 12.7. The minimum atomic E-state index is -1.37. The summed E-state index contributed by atoms with van der Waals surface area (Å²) in [6, 6.07) is -1.11. The average Bonchev–Trinajstić information content (AvgIpc) is 1.96. The summed E-state index contributed by atoms with van der Waals surface area (Å²) >= 11 is 0. The smallest absolute Gasteiger partial charge is 0.408 e. The molecule has 0 saturated heterocycles. The molecule has 0 aliphatic rings. The van der Waals surface area contributed by atoms with Crippen LogP contribution in [0.2, 0.25) is 0 Å². The Morgan fingerprint density at radius 3 is 2.29 bits per heavy atom. The molecule has 0 aromatic carbocycles. The lowest BCUT2D eigenvalue weighted by atomic mass is 10.2. The van der Waals surface area contributed by atoms with E-state index in [4.69, 9.17) is 4.74 Å². The Kier molecular flexibility index (Phi) is 4.36. The van der Waals surface area contributed by atoms with Gasteiger partial charge in [0.1, 0.15) is 18.2 Å². The van der Waals surface area contributed by atoms with Gasteiger partial charge in [-0.1, -0.05) is 0 Å². The van der Waals surface area contributed by atoms with Gasteiger partial charge < -0.3 is 25.7 Å². The van der Waals surface area contributed by atoms with Gasteiger partial charge >= 0.3 is 6.09 Å². The highest BCUT2D eigenvalue weighted by molar-refractivity contribution is 5.78. The van der Waals surface area contributed by atoms with Gasteiger partial charge in [0.05, 0.1) is 5.97 Å². The number of amides is 1. The maximum atomic E-state index is 11.1. The molecule has 0 aromatic heterocycles. The molecule has 0 radical (unpaired) electrons. The molecule has 0 aromatic rings. The number of carboxylic acids is 1. The molecule has 0 fully saturated rings. The molecule has 0 rings (SSSR count). The number of alkyl carbamates (subject to hydrolysis) is 1. The molecule has 0 saturated carbocycles. The molecular weight excluding hydrogens is 188 g/mol. The largest absolute Gasteiger partial charge is 0.548 e. The lowest BCUT2D eigenvalue weighted by molar-refractivity contribution is -0.380. The minimum absolute atomic E-state index is 0.0155. The van der Waals surface area contributed by atoms with Crippen molar-refractivity contribution in [2.24, 2.45) is 0 Å². The summed E-state index contributed by atoms with van der Waals surface area (Å²) in [5.74, 6) is -1.37. The highest BCUT2D eigenvalue weighted by Crippen LogP contribution is 2.06. The lowest BCUT2D eigenvalue weighted by Gasteiger charge is -2.22. The SMILES string of the molecule is CC(C)(C)OC(=O)N[C@H](C[NH3+])C(=O)[O-]. The Bertz CT molecular complexity index is 222. The predicted molar refractivity (Wildman–Crippen MR) is 45.9 cm³/mol. The fourth-order valence-electron chi connectivity index (χ4n) is 0.699. The molecule has 0 aliphatic heterocycles. The summed E-state index contributed by atoms with van der Waals surface area (Å²) in [6.45, 7) is 5.07. The summed E-state index contributed by atoms with van der Waals surface area (Å²) in [5.41, 5.74) is 2.71. The first-order chi connectivity index (χ1) is 6.26. The quantitative estimate of drug-likeness (QED) is 0.547. The molecule has 1 amide bonds. The van der Waals surface area contributed by atoms with Crippen molar-refractivity contribution in [3.8, 4) is 0 Å². The number of ether oxygens (including phenoxy) is 1. The second-order valence-corrected chi connectivity index (χ2v) is 3.81. The zero-order valence-corrected chi connectivity index (χ0v) is 8.62. The van der Waals surface area contributed by atoms with Gasteiger partial charge in [-0.05, 0) is 20.8 Å². The lowest BCUT2D eigenvalue weighted by Crippen LogP contribution is -2.65. The maximum absolute atomic E-state index is 11.1. The minimum Gasteiger partial charge on any atom is -0.548 e. The molecule has 1 atom stereocenters. The van der Waals surface area contributed by atoms with Crippen LogP contribution in [0.15, 0.2) is 0 Å². The summed E-state index contributed by atoms with van der Waals surface area (Å²) in [7, 11) is 0. The fourth-order valence-corrected chi connectivity index (χ4v) is 0.699. The molecule has 4 N–H and O–H groups in total. The van der Waals surface area contributed by atoms with Crippen molar-refractivity contribution in [2.75, 3.05) is 6.54 Å². The molecule has 14 heavy (non-hydrogen) atoms. The Morgan fingerprint density at radius 2 is 2.00 bits per heavy atom. The summed E-state index contributed by atoms with van der Waals surface area (Å²) < 4.78 is 4.85. The fraction of sp³-hybridized carbons (Fsp3) is 0.750. The van der Waals surface area contributed by atoms with E-state index in [1.54, 1.807) is 20.8 Å². The molecule has 0 bridgehead atoms. The predicted octanol–water partition coefficient (Wildman–Crippen LogP) is -2.13. The van der Waals surface area contributed by atoms with Gasteiger partial charge in [-0.2, -0.15) is 0 Å². The van der Waals surface area contributed by atoms with Gasteiger partial charge in [-0.25, -0.2) is 4.79 Å². The van der Waals surface area contributed by atoms with Crippen molar-refractivity contribution in [1.82, 2.24) is 5.32 Å². The molecule has 0 spiro atoms. The zero-order chi connectivity index (χ0) is 11.4. The number of hydrogen-bond donors (Lipinski definition) is 2. The molecule has 0 unspecified atom stereocenters. The third kappa shape index (κ3) is 5.36. The Balaban J connectivity index is 4.11. The van der Waals surface area contributed by atoms with E-state index in [2.05, 4.69) is 11.1 Å². The number of rotatable bonds is 3. The average molecular weight is 204 g/mol. The van der Waals surface area contributed by atoms with E-state index >= 15 is 0 Å². The molecule has 6 heteroatoms. The van der Waals surface area contributed by atoms with Crippen LogP contribution in [0.25, 0.3) is 0 Å². The van der Waals surface area contributed by atoms with Gasteiger partial charge in [0.2, 0.25) is 0 Å². The Morgan fingerprint density at radius 1 is 1.50 bits per heavy atom. The van der Waals surface area contributed by atoms with Crippen LogP contribution in [0.5, 0.6) is 0 Å². The topological polar surface area (TPSA) is 106 Å². The van der Waals surface area contributed by atoms with Crippen LogP contribution in [-0.2, 0) is 9.53 Å². The van der Waals surface area contributed by atoms with Crippen LogP contribution in [0.4, 0.5) is 4.79 Å². The van der Waals surface area contributed by atoms with E-state index in [0.717, 1.165) is 0 Å². The van der Waals surface area contributed by atoms with E-state index in [1.165, 1.54) is 0 Å². The highest BCUT2D eigenvalue weighted by Gasteiger charge is 2.19. The number of carbonyl (C=O) groups excluding carboxylic acids is 2. The number of carbonyl (C=O) groups is 2. The molecule has 0 heterocycles. The number of aliphatic carboxylic acids is 1. The maximum Gasteiger partial charge on any atom is 0.408 e. The summed E-state index contributed by atoms with van der Waals surface area (Å²) in [5, 5.41) is 12.5. The number of nitrogens with one attached hydrogen (secondary N) is 1. The molecule has 82 valence electrons. The van der Waals surface area contributed by atoms with E-state index in [-0.39, 0.29) is 6.54 Å². The summed E-state index contributed by atoms with van der Waals surface area (Å²) in [4.78, 5) is 21.5. The van der Waals surface area contributed by atoms with E-state index in [0.29, 0.717) is 0 Å². The van der Waals surface area contributed by atoms with Crippen LogP contribution in [0.1, 0.15) is 20.8 Å². The second-order valence-electron chi connectivity index (χ2n) is 3.81. The molecule has 0 aliphatic carbocycles. The van der Waals surface area contributed by atoms with Crippen molar-refractivity contribution < 1.29 is 25.2 Å². The van der Waals surface area contributed by atoms with Crippen molar-refractivity contribution in [2.45, 2.75) is 32.4 Å². The van der Waals surface area contributed by atoms with Gasteiger partial charge in [0.25, 0.3) is 0 Å². The van der Waals surface area contributed by atoms with Crippen LogP contribution in [0, 0.1) is 0 Å². The van der Waals surface area contributed by atoms with Crippen LogP contribution in [-0.4, -0.2) is 30.3 Å². The summed E-state index contributed by atoms with van der Waals surface area (Å²) in [6.07, 6.45) is -0.782. The second kappa shape index (κ2) is 4.80.